The third-order valence-corrected chi connectivity index (χ3v) is 3.64. The fourth-order valence-corrected chi connectivity index (χ4v) is 2.28. The van der Waals surface area contributed by atoms with Gasteiger partial charge in [0.2, 0.25) is 5.88 Å². The van der Waals surface area contributed by atoms with Crippen molar-refractivity contribution >= 4 is 15.9 Å². The van der Waals surface area contributed by atoms with Gasteiger partial charge in [-0.05, 0) is 54.1 Å². The van der Waals surface area contributed by atoms with E-state index < -0.39 is 0 Å². The molecule has 0 spiro atoms. The van der Waals surface area contributed by atoms with E-state index in [9.17, 15) is 0 Å². The zero-order valence-electron chi connectivity index (χ0n) is 11.8. The molecule has 1 unspecified atom stereocenters. The molecule has 0 saturated carbocycles. The Morgan fingerprint density at radius 3 is 2.65 bits per heavy atom. The normalized spacial score (nSPS) is 12.2. The summed E-state index contributed by atoms with van der Waals surface area (Å²) in [7, 11) is 1.95. The standard InChI is InChI=1S/C16H19BrN2O/c1-12-8-9-14(17)16(19-12)20-15(10-11-18-2)13-6-4-3-5-7-13/h3-9,15,18H,10-11H2,1-2H3. The second-order valence-electron chi connectivity index (χ2n) is 4.65. The van der Waals surface area contributed by atoms with Crippen LogP contribution in [0.5, 0.6) is 5.88 Å². The number of aromatic nitrogens is 1. The maximum absolute atomic E-state index is 6.12. The second kappa shape index (κ2) is 7.41. The SMILES string of the molecule is CNCCC(Oc1nc(C)ccc1Br)c1ccccc1. The highest BCUT2D eigenvalue weighted by Gasteiger charge is 2.15. The molecular weight excluding hydrogens is 316 g/mol. The number of benzene rings is 1. The average molecular weight is 335 g/mol. The first-order chi connectivity index (χ1) is 9.70. The van der Waals surface area contributed by atoms with Crippen LogP contribution in [0.25, 0.3) is 0 Å². The van der Waals surface area contributed by atoms with Gasteiger partial charge in [-0.3, -0.25) is 0 Å². The fraction of sp³-hybridized carbons (Fsp3) is 0.312. The third kappa shape index (κ3) is 4.05. The number of ether oxygens (including phenoxy) is 1. The first-order valence-electron chi connectivity index (χ1n) is 6.70. The van der Waals surface area contributed by atoms with Crippen molar-refractivity contribution in [2.45, 2.75) is 19.4 Å². The lowest BCUT2D eigenvalue weighted by molar-refractivity contribution is 0.185. The zero-order chi connectivity index (χ0) is 14.4. The number of aryl methyl sites for hydroxylation is 1. The highest BCUT2D eigenvalue weighted by atomic mass is 79.9. The molecule has 0 fully saturated rings. The number of nitrogens with one attached hydrogen (secondary N) is 1. The summed E-state index contributed by atoms with van der Waals surface area (Å²) in [4.78, 5) is 4.46. The molecule has 0 aliphatic heterocycles. The van der Waals surface area contributed by atoms with E-state index in [-0.39, 0.29) is 6.10 Å². The van der Waals surface area contributed by atoms with Crippen molar-refractivity contribution in [2.75, 3.05) is 13.6 Å². The largest absolute Gasteiger partial charge is 0.469 e. The summed E-state index contributed by atoms with van der Waals surface area (Å²) in [6.45, 7) is 2.85. The highest BCUT2D eigenvalue weighted by molar-refractivity contribution is 9.10. The van der Waals surface area contributed by atoms with Gasteiger partial charge in [0.05, 0.1) is 4.47 Å². The Morgan fingerprint density at radius 2 is 1.95 bits per heavy atom. The maximum Gasteiger partial charge on any atom is 0.228 e. The molecule has 1 atom stereocenters. The van der Waals surface area contributed by atoms with E-state index in [1.54, 1.807) is 0 Å². The third-order valence-electron chi connectivity index (χ3n) is 3.03. The van der Waals surface area contributed by atoms with Gasteiger partial charge in [-0.2, -0.15) is 0 Å². The van der Waals surface area contributed by atoms with Crippen LogP contribution in [-0.4, -0.2) is 18.6 Å². The van der Waals surface area contributed by atoms with Crippen LogP contribution in [0.2, 0.25) is 0 Å². The van der Waals surface area contributed by atoms with Gasteiger partial charge in [0, 0.05) is 12.1 Å². The van der Waals surface area contributed by atoms with Crippen molar-refractivity contribution < 1.29 is 4.74 Å². The summed E-state index contributed by atoms with van der Waals surface area (Å²) < 4.78 is 7.00. The van der Waals surface area contributed by atoms with Crippen LogP contribution < -0.4 is 10.1 Å². The molecule has 0 saturated heterocycles. The van der Waals surface area contributed by atoms with E-state index in [0.717, 1.165) is 28.7 Å². The van der Waals surface area contributed by atoms with Gasteiger partial charge < -0.3 is 10.1 Å². The van der Waals surface area contributed by atoms with Crippen LogP contribution in [0, 0.1) is 6.92 Å². The number of hydrogen-bond donors (Lipinski definition) is 1. The monoisotopic (exact) mass is 334 g/mol. The Balaban J connectivity index is 2.21. The molecule has 0 radical (unpaired) electrons. The summed E-state index contributed by atoms with van der Waals surface area (Å²) >= 11 is 3.50. The molecule has 4 heteroatoms. The minimum absolute atomic E-state index is 0.00532. The predicted octanol–water partition coefficient (Wildman–Crippen LogP) is 3.88. The minimum atomic E-state index is -0.00532. The number of halogens is 1. The van der Waals surface area contributed by atoms with Gasteiger partial charge in [0.25, 0.3) is 0 Å². The second-order valence-corrected chi connectivity index (χ2v) is 5.50. The van der Waals surface area contributed by atoms with Gasteiger partial charge in [-0.1, -0.05) is 30.3 Å². The van der Waals surface area contributed by atoms with Gasteiger partial charge in [-0.25, -0.2) is 4.98 Å². The number of nitrogens with zero attached hydrogens (tertiary/aromatic N) is 1. The molecule has 0 amide bonds. The van der Waals surface area contributed by atoms with E-state index in [4.69, 9.17) is 4.74 Å². The van der Waals surface area contributed by atoms with E-state index in [2.05, 4.69) is 38.4 Å². The summed E-state index contributed by atoms with van der Waals surface area (Å²) in [6, 6.07) is 14.2. The van der Waals surface area contributed by atoms with Crippen molar-refractivity contribution in [1.82, 2.24) is 10.3 Å². The zero-order valence-corrected chi connectivity index (χ0v) is 13.4. The number of rotatable bonds is 6. The Bertz CT molecular complexity index is 545. The Labute approximate surface area is 128 Å². The summed E-state index contributed by atoms with van der Waals surface area (Å²) in [6.07, 6.45) is 0.886. The highest BCUT2D eigenvalue weighted by Crippen LogP contribution is 2.29. The van der Waals surface area contributed by atoms with Crippen LogP contribution >= 0.6 is 15.9 Å². The molecule has 1 aromatic heterocycles. The summed E-state index contributed by atoms with van der Waals surface area (Å²) in [5.41, 5.74) is 2.11. The first kappa shape index (κ1) is 15.0. The number of pyridine rings is 1. The van der Waals surface area contributed by atoms with E-state index in [0.29, 0.717) is 5.88 Å². The van der Waals surface area contributed by atoms with Gasteiger partial charge in [0.1, 0.15) is 6.10 Å². The maximum atomic E-state index is 6.12. The molecule has 3 nitrogen and oxygen atoms in total. The van der Waals surface area contributed by atoms with Gasteiger partial charge in [-0.15, -0.1) is 0 Å². The molecule has 1 aromatic carbocycles. The molecular formula is C16H19BrN2O. The van der Waals surface area contributed by atoms with E-state index in [1.807, 2.05) is 44.3 Å². The molecule has 2 rings (SSSR count). The van der Waals surface area contributed by atoms with Crippen molar-refractivity contribution in [2.24, 2.45) is 0 Å². The van der Waals surface area contributed by atoms with Crippen molar-refractivity contribution in [3.63, 3.8) is 0 Å². The Morgan fingerprint density at radius 1 is 1.20 bits per heavy atom. The van der Waals surface area contributed by atoms with Crippen LogP contribution in [-0.2, 0) is 0 Å². The lowest BCUT2D eigenvalue weighted by atomic mass is 10.1. The molecule has 0 bridgehead atoms. The molecule has 2 aromatic rings. The lowest BCUT2D eigenvalue weighted by Gasteiger charge is -2.20. The fourth-order valence-electron chi connectivity index (χ4n) is 1.97. The van der Waals surface area contributed by atoms with Crippen molar-refractivity contribution in [3.8, 4) is 5.88 Å². The van der Waals surface area contributed by atoms with Crippen LogP contribution in [0.1, 0.15) is 23.8 Å². The van der Waals surface area contributed by atoms with Crippen LogP contribution in [0.3, 0.4) is 0 Å². The van der Waals surface area contributed by atoms with Crippen molar-refractivity contribution in [1.29, 1.82) is 0 Å². The topological polar surface area (TPSA) is 34.1 Å². The minimum Gasteiger partial charge on any atom is -0.469 e. The molecule has 0 aliphatic carbocycles. The smallest absolute Gasteiger partial charge is 0.228 e. The summed E-state index contributed by atoms with van der Waals surface area (Å²) in [5.74, 6) is 0.648. The number of hydrogen-bond acceptors (Lipinski definition) is 3. The quantitative estimate of drug-likeness (QED) is 0.870. The van der Waals surface area contributed by atoms with Crippen LogP contribution in [0.4, 0.5) is 0 Å². The van der Waals surface area contributed by atoms with Gasteiger partial charge in [0.15, 0.2) is 0 Å². The van der Waals surface area contributed by atoms with Crippen LogP contribution in [0.15, 0.2) is 46.9 Å². The molecule has 106 valence electrons. The van der Waals surface area contributed by atoms with Gasteiger partial charge >= 0.3 is 0 Å². The lowest BCUT2D eigenvalue weighted by Crippen LogP contribution is -2.16. The average Bonchev–Trinajstić information content (AvgIpc) is 2.48. The Hall–Kier alpha value is -1.39. The molecule has 1 heterocycles. The molecule has 20 heavy (non-hydrogen) atoms. The predicted molar refractivity (Wildman–Crippen MR) is 85.0 cm³/mol. The molecule has 1 N–H and O–H groups in total. The summed E-state index contributed by atoms with van der Waals surface area (Å²) in [5, 5.41) is 3.17. The van der Waals surface area contributed by atoms with E-state index in [1.165, 1.54) is 0 Å². The first-order valence-corrected chi connectivity index (χ1v) is 7.49. The van der Waals surface area contributed by atoms with E-state index >= 15 is 0 Å². The van der Waals surface area contributed by atoms with Crippen molar-refractivity contribution in [3.05, 3.63) is 58.2 Å². The Kier molecular flexibility index (Phi) is 5.56. The molecule has 0 aliphatic rings.